The van der Waals surface area contributed by atoms with Crippen molar-refractivity contribution < 1.29 is 4.42 Å². The molecule has 0 unspecified atom stereocenters. The molecule has 0 fully saturated rings. The molecule has 172 valence electrons. The smallest absolute Gasteiger partial charge is 0.232 e. The zero-order valence-electron chi connectivity index (χ0n) is 19.8. The van der Waals surface area contributed by atoms with Crippen LogP contribution in [0.5, 0.6) is 0 Å². The fourth-order valence-electron chi connectivity index (χ4n) is 4.41. The van der Waals surface area contributed by atoms with Crippen molar-refractivity contribution >= 4 is 23.1 Å². The Balaban J connectivity index is 1.52. The van der Waals surface area contributed by atoms with Crippen LogP contribution < -0.4 is 0 Å². The average Bonchev–Trinajstić information content (AvgIpc) is 3.34. The molecule has 6 aromatic rings. The van der Waals surface area contributed by atoms with Crippen LogP contribution in [0.3, 0.4) is 0 Å². The number of benzene rings is 4. The maximum Gasteiger partial charge on any atom is 0.232 e. The van der Waals surface area contributed by atoms with Crippen molar-refractivity contribution in [3.8, 4) is 33.6 Å². The van der Waals surface area contributed by atoms with Crippen molar-refractivity contribution in [3.05, 3.63) is 127 Å². The predicted octanol–water partition coefficient (Wildman–Crippen LogP) is 8.28. The number of furan rings is 1. The summed E-state index contributed by atoms with van der Waals surface area (Å²) in [4.78, 5) is 13.8. The Hall–Kier alpha value is -4.83. The molecule has 0 atom stereocenters. The zero-order valence-corrected chi connectivity index (χ0v) is 19.8. The van der Waals surface area contributed by atoms with Crippen LogP contribution >= 0.6 is 0 Å². The lowest BCUT2D eigenvalue weighted by Crippen LogP contribution is -1.87. The summed E-state index contributed by atoms with van der Waals surface area (Å²) in [5.41, 5.74) is 7.99. The second-order valence-corrected chi connectivity index (χ2v) is 8.61. The van der Waals surface area contributed by atoms with Crippen LogP contribution in [-0.2, 0) is 0 Å². The summed E-state index contributed by atoms with van der Waals surface area (Å²) in [6.07, 6.45) is 3.36. The van der Waals surface area contributed by atoms with Crippen molar-refractivity contribution in [2.75, 3.05) is 0 Å². The van der Waals surface area contributed by atoms with Gasteiger partial charge in [-0.05, 0) is 34.7 Å². The third-order valence-corrected chi connectivity index (χ3v) is 6.30. The Kier molecular flexibility index (Phi) is 5.68. The van der Waals surface area contributed by atoms with E-state index < -0.39 is 0 Å². The monoisotopic (exact) mass is 465 g/mol. The van der Waals surface area contributed by atoms with Gasteiger partial charge in [-0.2, -0.15) is 0 Å². The van der Waals surface area contributed by atoms with Gasteiger partial charge in [0.25, 0.3) is 0 Å². The van der Waals surface area contributed by atoms with Gasteiger partial charge in [0.15, 0.2) is 5.82 Å². The average molecular weight is 466 g/mol. The Morgan fingerprint density at radius 2 is 1.25 bits per heavy atom. The van der Waals surface area contributed by atoms with E-state index in [9.17, 15) is 0 Å². The van der Waals surface area contributed by atoms with E-state index in [0.29, 0.717) is 11.5 Å². The molecule has 0 aliphatic carbocycles. The topological polar surface area (TPSA) is 51.3 Å². The normalized spacial score (nSPS) is 11.4. The minimum absolute atomic E-state index is 0.517. The van der Waals surface area contributed by atoms with E-state index in [1.165, 1.54) is 11.9 Å². The highest BCUT2D eigenvalue weighted by atomic mass is 16.3. The van der Waals surface area contributed by atoms with Gasteiger partial charge in [0.2, 0.25) is 5.71 Å². The van der Waals surface area contributed by atoms with E-state index in [1.54, 1.807) is 0 Å². The van der Waals surface area contributed by atoms with Crippen molar-refractivity contribution in [1.29, 1.82) is 0 Å². The van der Waals surface area contributed by atoms with E-state index in [2.05, 4.69) is 71.5 Å². The molecule has 6 rings (SSSR count). The van der Waals surface area contributed by atoms with E-state index in [-0.39, 0.29) is 0 Å². The van der Waals surface area contributed by atoms with Gasteiger partial charge in [-0.25, -0.2) is 15.0 Å². The number of rotatable bonds is 5. The SMILES string of the molecule is Cc1ccccc1C=Nc1ncnc2oc(-c3ccc(-c4ccccc4)cc3)c(-c3ccccc3)c12. The van der Waals surface area contributed by atoms with Gasteiger partial charge in [0.1, 0.15) is 12.1 Å². The summed E-state index contributed by atoms with van der Waals surface area (Å²) in [7, 11) is 0. The summed E-state index contributed by atoms with van der Waals surface area (Å²) >= 11 is 0. The first-order chi connectivity index (χ1) is 17.8. The van der Waals surface area contributed by atoms with E-state index in [4.69, 9.17) is 9.41 Å². The third-order valence-electron chi connectivity index (χ3n) is 6.30. The fourth-order valence-corrected chi connectivity index (χ4v) is 4.41. The highest BCUT2D eigenvalue weighted by Crippen LogP contribution is 2.43. The summed E-state index contributed by atoms with van der Waals surface area (Å²) in [5.74, 6) is 1.33. The second-order valence-electron chi connectivity index (χ2n) is 8.61. The van der Waals surface area contributed by atoms with Gasteiger partial charge < -0.3 is 4.42 Å². The number of nitrogens with zero attached hydrogens (tertiary/aromatic N) is 3. The first-order valence-corrected chi connectivity index (χ1v) is 11.9. The van der Waals surface area contributed by atoms with Crippen molar-refractivity contribution in [1.82, 2.24) is 9.97 Å². The molecule has 0 spiro atoms. The number of hydrogen-bond acceptors (Lipinski definition) is 4. The molecular formula is C32H23N3O. The minimum atomic E-state index is 0.517. The second kappa shape index (κ2) is 9.43. The molecule has 2 aromatic heterocycles. The number of aliphatic imine (C=N–C) groups is 1. The largest absolute Gasteiger partial charge is 0.437 e. The predicted molar refractivity (Wildman–Crippen MR) is 147 cm³/mol. The van der Waals surface area contributed by atoms with E-state index in [1.807, 2.05) is 60.8 Å². The molecule has 4 nitrogen and oxygen atoms in total. The van der Waals surface area contributed by atoms with Crippen molar-refractivity contribution in [2.24, 2.45) is 4.99 Å². The number of fused-ring (bicyclic) bond motifs is 1. The van der Waals surface area contributed by atoms with Gasteiger partial charge in [0.05, 0.1) is 5.39 Å². The number of aromatic nitrogens is 2. The van der Waals surface area contributed by atoms with Gasteiger partial charge in [-0.15, -0.1) is 0 Å². The molecule has 4 heteroatoms. The van der Waals surface area contributed by atoms with Crippen LogP contribution in [0.2, 0.25) is 0 Å². The molecule has 0 amide bonds. The molecule has 0 saturated heterocycles. The lowest BCUT2D eigenvalue weighted by Gasteiger charge is -2.06. The quantitative estimate of drug-likeness (QED) is 0.241. The maximum absolute atomic E-state index is 6.38. The van der Waals surface area contributed by atoms with Crippen LogP contribution in [0.15, 0.2) is 125 Å². The van der Waals surface area contributed by atoms with Crippen LogP contribution in [0.25, 0.3) is 44.7 Å². The molecule has 4 aromatic carbocycles. The fraction of sp³-hybridized carbons (Fsp3) is 0.0312. The molecule has 0 radical (unpaired) electrons. The summed E-state index contributed by atoms with van der Waals surface area (Å²) in [6, 6.07) is 37.1. The van der Waals surface area contributed by atoms with Crippen LogP contribution in [-0.4, -0.2) is 16.2 Å². The molecule has 0 saturated carbocycles. The first-order valence-electron chi connectivity index (χ1n) is 11.9. The lowest BCUT2D eigenvalue weighted by molar-refractivity contribution is 0.618. The molecule has 0 aliphatic rings. The minimum Gasteiger partial charge on any atom is -0.437 e. The van der Waals surface area contributed by atoms with Crippen LogP contribution in [0.1, 0.15) is 11.1 Å². The molecular weight excluding hydrogens is 442 g/mol. The Labute approximate surface area is 209 Å². The Morgan fingerprint density at radius 3 is 1.97 bits per heavy atom. The molecule has 36 heavy (non-hydrogen) atoms. The van der Waals surface area contributed by atoms with Crippen LogP contribution in [0, 0.1) is 6.92 Å². The molecule has 0 aliphatic heterocycles. The zero-order chi connectivity index (χ0) is 24.3. The molecule has 2 heterocycles. The van der Waals surface area contributed by atoms with Gasteiger partial charge in [0, 0.05) is 17.3 Å². The lowest BCUT2D eigenvalue weighted by atomic mass is 9.97. The Bertz CT molecular complexity index is 1670. The molecule has 0 bridgehead atoms. The molecule has 0 N–H and O–H groups in total. The maximum atomic E-state index is 6.38. The number of hydrogen-bond donors (Lipinski definition) is 0. The summed E-state index contributed by atoms with van der Waals surface area (Å²) in [5, 5.41) is 0.802. The van der Waals surface area contributed by atoms with Gasteiger partial charge >= 0.3 is 0 Å². The van der Waals surface area contributed by atoms with E-state index in [0.717, 1.165) is 44.5 Å². The van der Waals surface area contributed by atoms with Crippen molar-refractivity contribution in [3.63, 3.8) is 0 Å². The summed E-state index contributed by atoms with van der Waals surface area (Å²) < 4.78 is 6.38. The van der Waals surface area contributed by atoms with Gasteiger partial charge in [-0.3, -0.25) is 0 Å². The standard InChI is InChI=1S/C32H23N3O/c1-22-10-8-9-15-27(22)20-33-31-29-28(25-13-6-3-7-14-25)30(36-32(29)35-21-34-31)26-18-16-24(17-19-26)23-11-4-2-5-12-23/h2-21H,1H3. The van der Waals surface area contributed by atoms with Crippen molar-refractivity contribution in [2.45, 2.75) is 6.92 Å². The Morgan fingerprint density at radius 1 is 0.639 bits per heavy atom. The highest BCUT2D eigenvalue weighted by molar-refractivity contribution is 6.06. The van der Waals surface area contributed by atoms with Gasteiger partial charge in [-0.1, -0.05) is 109 Å². The number of aryl methyl sites for hydroxylation is 1. The van der Waals surface area contributed by atoms with E-state index >= 15 is 0 Å². The third kappa shape index (κ3) is 4.10. The first kappa shape index (κ1) is 21.7. The highest BCUT2D eigenvalue weighted by Gasteiger charge is 2.22. The summed E-state index contributed by atoms with van der Waals surface area (Å²) in [6.45, 7) is 2.07. The van der Waals surface area contributed by atoms with Crippen LogP contribution in [0.4, 0.5) is 5.82 Å².